The zero-order chi connectivity index (χ0) is 22.7. The molecule has 3 aliphatic rings. The Morgan fingerprint density at radius 1 is 1.25 bits per heavy atom. The highest BCUT2D eigenvalue weighted by molar-refractivity contribution is 6.31. The fourth-order valence-corrected chi connectivity index (χ4v) is 5.63. The molecule has 1 aliphatic heterocycles. The van der Waals surface area contributed by atoms with E-state index in [9.17, 15) is 9.59 Å². The molecular formula is C24H30ClN3O4. The lowest BCUT2D eigenvalue weighted by Crippen LogP contribution is -2.56. The Bertz CT molecular complexity index is 1050. The van der Waals surface area contributed by atoms with Gasteiger partial charge in [-0.2, -0.15) is 0 Å². The number of ether oxygens (including phenoxy) is 1. The molecule has 0 bridgehead atoms. The summed E-state index contributed by atoms with van der Waals surface area (Å²) in [5.41, 5.74) is 1.37. The molecule has 1 aromatic heterocycles. The molecular weight excluding hydrogens is 430 g/mol. The van der Waals surface area contributed by atoms with E-state index in [1.54, 1.807) is 4.90 Å². The quantitative estimate of drug-likeness (QED) is 0.707. The Morgan fingerprint density at radius 3 is 2.72 bits per heavy atom. The second-order valence-corrected chi connectivity index (χ2v) is 11.2. The van der Waals surface area contributed by atoms with Gasteiger partial charge in [0.05, 0.1) is 5.92 Å². The van der Waals surface area contributed by atoms with Crippen molar-refractivity contribution in [3.63, 3.8) is 0 Å². The van der Waals surface area contributed by atoms with Crippen LogP contribution in [0.5, 0.6) is 0 Å². The highest BCUT2D eigenvalue weighted by atomic mass is 35.5. The van der Waals surface area contributed by atoms with Crippen LogP contribution in [-0.2, 0) is 9.53 Å². The predicted octanol–water partition coefficient (Wildman–Crippen LogP) is 4.88. The molecule has 5 rings (SSSR count). The van der Waals surface area contributed by atoms with Crippen LogP contribution in [-0.4, -0.2) is 46.6 Å². The van der Waals surface area contributed by atoms with E-state index in [1.807, 2.05) is 39.0 Å². The SMILES string of the molecule is CC(C)(C)OC(=O)N1CCC(C(=O)NC2CC3(C2)CC(c2nc4cc(Cl)ccc4o2)C3)C1. The number of aromatic nitrogens is 1. The molecule has 2 aliphatic carbocycles. The molecule has 172 valence electrons. The summed E-state index contributed by atoms with van der Waals surface area (Å²) in [6, 6.07) is 5.74. The number of benzene rings is 1. The highest BCUT2D eigenvalue weighted by Gasteiger charge is 2.55. The van der Waals surface area contributed by atoms with E-state index in [-0.39, 0.29) is 24.0 Å². The lowest BCUT2D eigenvalue weighted by molar-refractivity contribution is -0.128. The molecule has 1 saturated heterocycles. The van der Waals surface area contributed by atoms with E-state index in [4.69, 9.17) is 20.8 Å². The van der Waals surface area contributed by atoms with Crippen LogP contribution in [0.4, 0.5) is 4.79 Å². The average molecular weight is 460 g/mol. The van der Waals surface area contributed by atoms with Crippen LogP contribution in [0.2, 0.25) is 5.02 Å². The lowest BCUT2D eigenvalue weighted by atomic mass is 9.50. The topological polar surface area (TPSA) is 84.7 Å². The van der Waals surface area contributed by atoms with Crippen molar-refractivity contribution in [1.29, 1.82) is 0 Å². The van der Waals surface area contributed by atoms with Crippen LogP contribution in [0, 0.1) is 11.3 Å². The van der Waals surface area contributed by atoms with Crippen LogP contribution in [0.3, 0.4) is 0 Å². The van der Waals surface area contributed by atoms with Gasteiger partial charge in [-0.1, -0.05) is 11.6 Å². The number of nitrogens with zero attached hydrogens (tertiary/aromatic N) is 2. The summed E-state index contributed by atoms with van der Waals surface area (Å²) in [6.45, 7) is 6.55. The molecule has 32 heavy (non-hydrogen) atoms. The van der Waals surface area contributed by atoms with Crippen LogP contribution in [0.1, 0.15) is 64.7 Å². The molecule has 1 atom stereocenters. The number of amides is 2. The standard InChI is InChI=1S/C24H30ClN3O4/c1-23(2,3)32-22(30)28-7-6-14(13-28)20(29)26-17-11-24(12-17)9-15(10-24)21-27-18-8-16(25)4-5-19(18)31-21/h4-5,8,14-15,17H,6-7,9-13H2,1-3H3,(H,26,29). The van der Waals surface area contributed by atoms with E-state index in [1.165, 1.54) is 0 Å². The number of fused-ring (bicyclic) bond motifs is 1. The number of nitrogens with one attached hydrogen (secondary N) is 1. The summed E-state index contributed by atoms with van der Waals surface area (Å²) >= 11 is 6.04. The van der Waals surface area contributed by atoms with Gasteiger partial charge in [0, 0.05) is 30.1 Å². The van der Waals surface area contributed by atoms with Gasteiger partial charge in [0.25, 0.3) is 0 Å². The van der Waals surface area contributed by atoms with Gasteiger partial charge in [-0.25, -0.2) is 9.78 Å². The smallest absolute Gasteiger partial charge is 0.410 e. The van der Waals surface area contributed by atoms with Crippen LogP contribution in [0.15, 0.2) is 22.6 Å². The minimum absolute atomic E-state index is 0.0580. The molecule has 2 saturated carbocycles. The minimum Gasteiger partial charge on any atom is -0.444 e. The molecule has 1 N–H and O–H groups in total. The fourth-order valence-electron chi connectivity index (χ4n) is 5.46. The molecule has 2 aromatic rings. The summed E-state index contributed by atoms with van der Waals surface area (Å²) < 4.78 is 11.3. The summed E-state index contributed by atoms with van der Waals surface area (Å²) in [5, 5.41) is 3.86. The van der Waals surface area contributed by atoms with Gasteiger partial charge in [0.2, 0.25) is 5.91 Å². The van der Waals surface area contributed by atoms with Crippen molar-refractivity contribution in [3.8, 4) is 0 Å². The third kappa shape index (κ3) is 4.19. The Hall–Kier alpha value is -2.28. The molecule has 1 unspecified atom stereocenters. The minimum atomic E-state index is -0.525. The van der Waals surface area contributed by atoms with Gasteiger partial charge < -0.3 is 19.4 Å². The first-order valence-corrected chi connectivity index (χ1v) is 11.8. The Morgan fingerprint density at radius 2 is 2.00 bits per heavy atom. The summed E-state index contributed by atoms with van der Waals surface area (Å²) in [4.78, 5) is 31.2. The third-order valence-electron chi connectivity index (χ3n) is 6.99. The van der Waals surface area contributed by atoms with Gasteiger partial charge in [-0.15, -0.1) is 0 Å². The molecule has 1 spiro atoms. The number of likely N-dealkylation sites (tertiary alicyclic amines) is 1. The van der Waals surface area contributed by atoms with E-state index >= 15 is 0 Å². The first kappa shape index (κ1) is 21.6. The number of rotatable bonds is 3. The molecule has 2 amide bonds. The number of hydrogen-bond donors (Lipinski definition) is 1. The van der Waals surface area contributed by atoms with E-state index in [2.05, 4.69) is 10.3 Å². The second kappa shape index (κ2) is 7.65. The van der Waals surface area contributed by atoms with Crippen molar-refractivity contribution < 1.29 is 18.7 Å². The maximum absolute atomic E-state index is 12.7. The second-order valence-electron chi connectivity index (χ2n) is 10.8. The number of halogens is 1. The van der Waals surface area contributed by atoms with Crippen molar-refractivity contribution in [2.75, 3.05) is 13.1 Å². The first-order chi connectivity index (χ1) is 15.1. The van der Waals surface area contributed by atoms with Gasteiger partial charge in [-0.3, -0.25) is 4.79 Å². The largest absolute Gasteiger partial charge is 0.444 e. The highest BCUT2D eigenvalue weighted by Crippen LogP contribution is 2.61. The van der Waals surface area contributed by atoms with Gasteiger partial charge in [0.1, 0.15) is 11.1 Å². The number of carbonyl (C=O) groups excluding carboxylic acids is 2. The molecule has 7 nitrogen and oxygen atoms in total. The van der Waals surface area contributed by atoms with E-state index in [0.29, 0.717) is 35.9 Å². The Balaban J connectivity index is 1.07. The Kier molecular flexibility index (Phi) is 5.15. The van der Waals surface area contributed by atoms with Crippen LogP contribution in [0.25, 0.3) is 11.1 Å². The number of oxazole rings is 1. The molecule has 2 heterocycles. The van der Waals surface area contributed by atoms with Crippen molar-refractivity contribution in [2.24, 2.45) is 11.3 Å². The van der Waals surface area contributed by atoms with Gasteiger partial charge in [-0.05, 0) is 76.5 Å². The van der Waals surface area contributed by atoms with E-state index < -0.39 is 5.60 Å². The summed E-state index contributed by atoms with van der Waals surface area (Å²) in [5.74, 6) is 1.05. The average Bonchev–Trinajstić information content (AvgIpc) is 3.27. The van der Waals surface area contributed by atoms with Gasteiger partial charge in [0.15, 0.2) is 11.5 Å². The van der Waals surface area contributed by atoms with Crippen molar-refractivity contribution in [2.45, 2.75) is 70.4 Å². The zero-order valence-corrected chi connectivity index (χ0v) is 19.6. The number of hydrogen-bond acceptors (Lipinski definition) is 5. The van der Waals surface area contributed by atoms with Crippen molar-refractivity contribution in [3.05, 3.63) is 29.1 Å². The summed E-state index contributed by atoms with van der Waals surface area (Å²) in [7, 11) is 0. The van der Waals surface area contributed by atoms with Crippen LogP contribution >= 0.6 is 11.6 Å². The zero-order valence-electron chi connectivity index (χ0n) is 18.8. The molecule has 8 heteroatoms. The monoisotopic (exact) mass is 459 g/mol. The summed E-state index contributed by atoms with van der Waals surface area (Å²) in [6.07, 6.45) is 4.46. The van der Waals surface area contributed by atoms with Crippen molar-refractivity contribution in [1.82, 2.24) is 15.2 Å². The molecule has 1 aromatic carbocycles. The fraction of sp³-hybridized carbons (Fsp3) is 0.625. The number of carbonyl (C=O) groups is 2. The van der Waals surface area contributed by atoms with Crippen molar-refractivity contribution >= 4 is 34.7 Å². The predicted molar refractivity (Wildman–Crippen MR) is 121 cm³/mol. The maximum atomic E-state index is 12.7. The van der Waals surface area contributed by atoms with Crippen LogP contribution < -0.4 is 5.32 Å². The lowest BCUT2D eigenvalue weighted by Gasteiger charge is -2.57. The molecule has 3 fully saturated rings. The first-order valence-electron chi connectivity index (χ1n) is 11.4. The third-order valence-corrected chi connectivity index (χ3v) is 7.23. The maximum Gasteiger partial charge on any atom is 0.410 e. The molecule has 0 radical (unpaired) electrons. The Labute approximate surface area is 192 Å². The van der Waals surface area contributed by atoms with Gasteiger partial charge >= 0.3 is 6.09 Å². The normalized spacial score (nSPS) is 29.6. The van der Waals surface area contributed by atoms with E-state index in [0.717, 1.165) is 42.7 Å².